The molecular formula is C17H23N5O2. The first-order valence-electron chi connectivity index (χ1n) is 7.81. The van der Waals surface area contributed by atoms with Gasteiger partial charge in [0.05, 0.1) is 25.3 Å². The molecule has 1 heterocycles. The van der Waals surface area contributed by atoms with Crippen LogP contribution in [0.3, 0.4) is 0 Å². The number of aromatic nitrogens is 2. The molecule has 4 N–H and O–H groups in total. The van der Waals surface area contributed by atoms with E-state index in [1.165, 1.54) is 5.56 Å². The molecule has 1 aromatic carbocycles. The molecule has 0 saturated carbocycles. The Morgan fingerprint density at radius 2 is 1.83 bits per heavy atom. The molecule has 2 amide bonds. The zero-order valence-electron chi connectivity index (χ0n) is 14.0. The molecule has 24 heavy (non-hydrogen) atoms. The fourth-order valence-electron chi connectivity index (χ4n) is 2.40. The van der Waals surface area contributed by atoms with Crippen LogP contribution in [0.2, 0.25) is 0 Å². The van der Waals surface area contributed by atoms with E-state index in [0.717, 1.165) is 17.0 Å². The molecule has 0 aliphatic heterocycles. The highest BCUT2D eigenvalue weighted by Crippen LogP contribution is 2.14. The van der Waals surface area contributed by atoms with E-state index in [4.69, 9.17) is 5.73 Å². The quantitative estimate of drug-likeness (QED) is 0.677. The van der Waals surface area contributed by atoms with Gasteiger partial charge in [0.2, 0.25) is 11.8 Å². The lowest BCUT2D eigenvalue weighted by Crippen LogP contribution is -2.39. The lowest BCUT2D eigenvalue weighted by Gasteiger charge is -2.08. The Morgan fingerprint density at radius 1 is 1.12 bits per heavy atom. The summed E-state index contributed by atoms with van der Waals surface area (Å²) in [5.74, 6) is -0.611. The van der Waals surface area contributed by atoms with Crippen molar-refractivity contribution in [1.29, 1.82) is 0 Å². The molecule has 0 saturated heterocycles. The number of nitrogens with zero attached hydrogens (tertiary/aromatic N) is 2. The second-order valence-corrected chi connectivity index (χ2v) is 5.55. The van der Waals surface area contributed by atoms with Crippen molar-refractivity contribution in [2.45, 2.75) is 26.9 Å². The number of carbonyl (C=O) groups is 2. The van der Waals surface area contributed by atoms with Gasteiger partial charge in [-0.15, -0.1) is 0 Å². The summed E-state index contributed by atoms with van der Waals surface area (Å²) in [6, 6.07) is 10.1. The van der Waals surface area contributed by atoms with Crippen LogP contribution in [0.1, 0.15) is 22.5 Å². The molecule has 0 radical (unpaired) electrons. The summed E-state index contributed by atoms with van der Waals surface area (Å²) in [6.45, 7) is 4.77. The number of nitrogens with one attached hydrogen (secondary N) is 2. The average molecular weight is 329 g/mol. The molecule has 0 aliphatic rings. The van der Waals surface area contributed by atoms with Gasteiger partial charge >= 0.3 is 0 Å². The zero-order chi connectivity index (χ0) is 17.5. The molecule has 7 heteroatoms. The Labute approximate surface area is 141 Å². The Bertz CT molecular complexity index is 709. The third-order valence-electron chi connectivity index (χ3n) is 3.80. The second-order valence-electron chi connectivity index (χ2n) is 5.55. The number of carbonyl (C=O) groups excluding carboxylic acids is 2. The predicted molar refractivity (Wildman–Crippen MR) is 91.2 cm³/mol. The first-order valence-corrected chi connectivity index (χ1v) is 7.81. The van der Waals surface area contributed by atoms with Gasteiger partial charge < -0.3 is 16.4 Å². The molecule has 0 aliphatic carbocycles. The van der Waals surface area contributed by atoms with Crippen molar-refractivity contribution < 1.29 is 9.59 Å². The Morgan fingerprint density at radius 3 is 2.50 bits per heavy atom. The highest BCUT2D eigenvalue weighted by molar-refractivity contribution is 5.85. The van der Waals surface area contributed by atoms with Crippen molar-refractivity contribution in [3.05, 3.63) is 52.8 Å². The van der Waals surface area contributed by atoms with E-state index < -0.39 is 0 Å². The van der Waals surface area contributed by atoms with Gasteiger partial charge in [-0.3, -0.25) is 14.3 Å². The average Bonchev–Trinajstić information content (AvgIpc) is 2.85. The van der Waals surface area contributed by atoms with Crippen LogP contribution in [0.4, 0.5) is 0 Å². The van der Waals surface area contributed by atoms with Crippen LogP contribution < -0.4 is 16.4 Å². The maximum Gasteiger partial charge on any atom is 0.239 e. The summed E-state index contributed by atoms with van der Waals surface area (Å²) in [5.41, 5.74) is 9.23. The number of amides is 2. The number of benzene rings is 1. The van der Waals surface area contributed by atoms with E-state index in [-0.39, 0.29) is 24.9 Å². The highest BCUT2D eigenvalue weighted by Gasteiger charge is 2.13. The summed E-state index contributed by atoms with van der Waals surface area (Å²) in [7, 11) is 0. The summed E-state index contributed by atoms with van der Waals surface area (Å²) in [4.78, 5) is 22.8. The van der Waals surface area contributed by atoms with Crippen molar-refractivity contribution in [3.63, 3.8) is 0 Å². The van der Waals surface area contributed by atoms with Gasteiger partial charge in [-0.25, -0.2) is 0 Å². The molecule has 0 unspecified atom stereocenters. The van der Waals surface area contributed by atoms with Crippen molar-refractivity contribution in [1.82, 2.24) is 20.4 Å². The van der Waals surface area contributed by atoms with Crippen molar-refractivity contribution in [2.75, 3.05) is 13.1 Å². The first kappa shape index (κ1) is 17.7. The number of hydrogen-bond acceptors (Lipinski definition) is 4. The number of aryl methyl sites for hydroxylation is 1. The molecular weight excluding hydrogens is 306 g/mol. The largest absolute Gasteiger partial charge is 0.350 e. The monoisotopic (exact) mass is 329 g/mol. The highest BCUT2D eigenvalue weighted by atomic mass is 16.2. The van der Waals surface area contributed by atoms with Gasteiger partial charge in [0, 0.05) is 17.8 Å². The fraction of sp³-hybridized carbons (Fsp3) is 0.353. The van der Waals surface area contributed by atoms with Crippen LogP contribution in [-0.4, -0.2) is 34.7 Å². The topological polar surface area (TPSA) is 102 Å². The minimum Gasteiger partial charge on any atom is -0.350 e. The standard InChI is InChI=1S/C17H23N5O2/c1-12-15(9-19-17(24)10-20-16(23)8-18)13(2)22(21-12)11-14-6-4-3-5-7-14/h3-7H,8-11,18H2,1-2H3,(H,19,24)(H,20,23). The number of hydrogen-bond donors (Lipinski definition) is 3. The Hall–Kier alpha value is -2.67. The molecule has 128 valence electrons. The third kappa shape index (κ3) is 4.66. The van der Waals surface area contributed by atoms with Gasteiger partial charge in [0.15, 0.2) is 0 Å². The fourth-order valence-corrected chi connectivity index (χ4v) is 2.40. The summed E-state index contributed by atoms with van der Waals surface area (Å²) in [5, 5.41) is 9.78. The van der Waals surface area contributed by atoms with Gasteiger partial charge in [-0.05, 0) is 19.4 Å². The second kappa shape index (κ2) is 8.26. The molecule has 1 aromatic heterocycles. The summed E-state index contributed by atoms with van der Waals surface area (Å²) >= 11 is 0. The lowest BCUT2D eigenvalue weighted by atomic mass is 10.2. The summed E-state index contributed by atoms with van der Waals surface area (Å²) < 4.78 is 1.93. The molecule has 0 spiro atoms. The normalized spacial score (nSPS) is 10.5. The van der Waals surface area contributed by atoms with Gasteiger partial charge in [-0.2, -0.15) is 5.10 Å². The first-order chi connectivity index (χ1) is 11.5. The van der Waals surface area contributed by atoms with E-state index in [9.17, 15) is 9.59 Å². The van der Waals surface area contributed by atoms with Crippen molar-refractivity contribution in [2.24, 2.45) is 5.73 Å². The van der Waals surface area contributed by atoms with E-state index in [1.807, 2.05) is 36.7 Å². The molecule has 7 nitrogen and oxygen atoms in total. The minimum atomic E-state index is -0.354. The number of rotatable bonds is 7. The van der Waals surface area contributed by atoms with Crippen LogP contribution in [0, 0.1) is 13.8 Å². The van der Waals surface area contributed by atoms with E-state index in [0.29, 0.717) is 13.1 Å². The lowest BCUT2D eigenvalue weighted by molar-refractivity contribution is -0.125. The summed E-state index contributed by atoms with van der Waals surface area (Å²) in [6.07, 6.45) is 0. The van der Waals surface area contributed by atoms with Crippen LogP contribution in [0.15, 0.2) is 30.3 Å². The predicted octanol–water partition coefficient (Wildman–Crippen LogP) is 0.239. The van der Waals surface area contributed by atoms with E-state index in [1.54, 1.807) is 0 Å². The van der Waals surface area contributed by atoms with Crippen molar-refractivity contribution >= 4 is 11.8 Å². The Kier molecular flexibility index (Phi) is 6.08. The smallest absolute Gasteiger partial charge is 0.239 e. The van der Waals surface area contributed by atoms with Crippen LogP contribution in [0.25, 0.3) is 0 Å². The van der Waals surface area contributed by atoms with Gasteiger partial charge in [0.25, 0.3) is 0 Å². The minimum absolute atomic E-state index is 0.0771. The van der Waals surface area contributed by atoms with E-state index in [2.05, 4.69) is 27.9 Å². The molecule has 2 aromatic rings. The SMILES string of the molecule is Cc1nn(Cc2ccccc2)c(C)c1CNC(=O)CNC(=O)CN. The van der Waals surface area contributed by atoms with Crippen LogP contribution >= 0.6 is 0 Å². The van der Waals surface area contributed by atoms with Crippen LogP contribution in [0.5, 0.6) is 0 Å². The van der Waals surface area contributed by atoms with Gasteiger partial charge in [-0.1, -0.05) is 30.3 Å². The molecule has 2 rings (SSSR count). The molecule has 0 fully saturated rings. The maximum absolute atomic E-state index is 11.8. The number of nitrogens with two attached hydrogens (primary N) is 1. The Balaban J connectivity index is 1.96. The van der Waals surface area contributed by atoms with Crippen LogP contribution in [-0.2, 0) is 22.7 Å². The molecule has 0 atom stereocenters. The maximum atomic E-state index is 11.8. The van der Waals surface area contributed by atoms with Gasteiger partial charge in [0.1, 0.15) is 0 Å². The zero-order valence-corrected chi connectivity index (χ0v) is 14.0. The molecule has 0 bridgehead atoms. The van der Waals surface area contributed by atoms with Crippen molar-refractivity contribution in [3.8, 4) is 0 Å². The third-order valence-corrected chi connectivity index (χ3v) is 3.80. The van der Waals surface area contributed by atoms with E-state index >= 15 is 0 Å².